The summed E-state index contributed by atoms with van der Waals surface area (Å²) in [6, 6.07) is 7.45. The second-order valence-electron chi connectivity index (χ2n) is 4.64. The second-order valence-corrected chi connectivity index (χ2v) is 5.53. The summed E-state index contributed by atoms with van der Waals surface area (Å²) in [6.45, 7) is 3.86. The van der Waals surface area contributed by atoms with E-state index in [4.69, 9.17) is 0 Å². The third-order valence-corrected chi connectivity index (χ3v) is 4.19. The number of aryl methyl sites for hydroxylation is 1. The minimum Gasteiger partial charge on any atom is -0.342 e. The molecule has 102 valence electrons. The minimum atomic E-state index is -0.192. The van der Waals surface area contributed by atoms with E-state index in [1.54, 1.807) is 11.3 Å². The Balaban J connectivity index is 1.82. The van der Waals surface area contributed by atoms with Gasteiger partial charge in [0.1, 0.15) is 5.01 Å². The number of rotatable bonds is 3. The number of hydrogen-bond acceptors (Lipinski definition) is 4. The van der Waals surface area contributed by atoms with Crippen LogP contribution >= 0.6 is 11.3 Å². The molecular weight excluding hydrogens is 272 g/mol. The van der Waals surface area contributed by atoms with Crippen molar-refractivity contribution in [3.63, 3.8) is 0 Å². The number of benzene rings is 1. The monoisotopic (exact) mass is 286 g/mol. The molecule has 3 rings (SSSR count). The maximum Gasteiger partial charge on any atom is 0.272 e. The molecule has 6 heteroatoms. The number of aromatic amines is 1. The average molecular weight is 286 g/mol. The predicted octanol–water partition coefficient (Wildman–Crippen LogP) is 2.82. The largest absolute Gasteiger partial charge is 0.342 e. The number of carbonyl (C=O) groups is 1. The highest BCUT2D eigenvalue weighted by molar-refractivity contribution is 7.09. The van der Waals surface area contributed by atoms with Crippen LogP contribution < -0.4 is 5.32 Å². The number of nitrogens with zero attached hydrogens (tertiary/aromatic N) is 2. The number of amides is 1. The van der Waals surface area contributed by atoms with Crippen LogP contribution in [0.3, 0.4) is 0 Å². The molecule has 0 fully saturated rings. The molecule has 20 heavy (non-hydrogen) atoms. The molecule has 0 aliphatic heterocycles. The van der Waals surface area contributed by atoms with Gasteiger partial charge in [0, 0.05) is 16.5 Å². The van der Waals surface area contributed by atoms with Gasteiger partial charge in [-0.15, -0.1) is 11.3 Å². The number of carbonyl (C=O) groups excluding carboxylic acids is 1. The van der Waals surface area contributed by atoms with Crippen LogP contribution in [0.15, 0.2) is 29.6 Å². The summed E-state index contributed by atoms with van der Waals surface area (Å²) in [5, 5.41) is 13.6. The number of nitrogens with one attached hydrogen (secondary N) is 2. The van der Waals surface area contributed by atoms with Crippen molar-refractivity contribution < 1.29 is 4.79 Å². The highest BCUT2D eigenvalue weighted by atomic mass is 32.1. The highest BCUT2D eigenvalue weighted by Crippen LogP contribution is 2.19. The van der Waals surface area contributed by atoms with Crippen molar-refractivity contribution in [2.75, 3.05) is 0 Å². The van der Waals surface area contributed by atoms with Crippen LogP contribution in [0.5, 0.6) is 0 Å². The van der Waals surface area contributed by atoms with Gasteiger partial charge in [0.05, 0.1) is 11.6 Å². The van der Waals surface area contributed by atoms with Gasteiger partial charge in [0.25, 0.3) is 5.91 Å². The van der Waals surface area contributed by atoms with Crippen LogP contribution in [0.4, 0.5) is 0 Å². The molecule has 0 bridgehead atoms. The fourth-order valence-corrected chi connectivity index (χ4v) is 2.84. The number of fused-ring (bicyclic) bond motifs is 1. The number of hydrogen-bond donors (Lipinski definition) is 2. The molecule has 5 nitrogen and oxygen atoms in total. The first kappa shape index (κ1) is 12.8. The van der Waals surface area contributed by atoms with E-state index < -0.39 is 0 Å². The van der Waals surface area contributed by atoms with Crippen LogP contribution in [-0.4, -0.2) is 21.1 Å². The van der Waals surface area contributed by atoms with E-state index in [1.165, 1.54) is 0 Å². The Hall–Kier alpha value is -2.21. The molecule has 1 unspecified atom stereocenters. The smallest absolute Gasteiger partial charge is 0.272 e. The summed E-state index contributed by atoms with van der Waals surface area (Å²) in [6.07, 6.45) is 0. The van der Waals surface area contributed by atoms with Gasteiger partial charge in [-0.3, -0.25) is 9.89 Å². The van der Waals surface area contributed by atoms with Gasteiger partial charge in [-0.25, -0.2) is 4.98 Å². The topological polar surface area (TPSA) is 70.7 Å². The standard InChI is InChI=1S/C14H14N4OS/c1-8-7-20-14(15-8)9(2)16-13(19)12-10-5-3-4-6-11(10)17-18-12/h3-7,9H,1-2H3,(H,16,19)(H,17,18). The van der Waals surface area contributed by atoms with E-state index in [1.807, 2.05) is 43.5 Å². The highest BCUT2D eigenvalue weighted by Gasteiger charge is 2.18. The quantitative estimate of drug-likeness (QED) is 0.777. The molecule has 0 aliphatic rings. The molecule has 0 radical (unpaired) electrons. The maximum atomic E-state index is 12.3. The van der Waals surface area contributed by atoms with E-state index in [0.717, 1.165) is 21.6 Å². The van der Waals surface area contributed by atoms with Crippen LogP contribution in [0.25, 0.3) is 10.9 Å². The lowest BCUT2D eigenvalue weighted by molar-refractivity contribution is 0.0936. The van der Waals surface area contributed by atoms with E-state index in [9.17, 15) is 4.79 Å². The normalized spacial score (nSPS) is 12.5. The Morgan fingerprint density at radius 1 is 1.40 bits per heavy atom. The lowest BCUT2D eigenvalue weighted by Crippen LogP contribution is -2.27. The van der Waals surface area contributed by atoms with Crippen molar-refractivity contribution in [3.05, 3.63) is 46.0 Å². The fraction of sp³-hybridized carbons (Fsp3) is 0.214. The first-order chi connectivity index (χ1) is 9.65. The molecule has 0 saturated heterocycles. The van der Waals surface area contributed by atoms with Crippen LogP contribution in [0, 0.1) is 6.92 Å². The van der Waals surface area contributed by atoms with E-state index in [2.05, 4.69) is 20.5 Å². The molecule has 0 saturated carbocycles. The molecule has 0 aliphatic carbocycles. The molecule has 1 atom stereocenters. The molecule has 3 aromatic rings. The summed E-state index contributed by atoms with van der Waals surface area (Å²) < 4.78 is 0. The van der Waals surface area contributed by atoms with Crippen molar-refractivity contribution >= 4 is 28.1 Å². The summed E-state index contributed by atoms with van der Waals surface area (Å²) in [4.78, 5) is 16.7. The van der Waals surface area contributed by atoms with Crippen molar-refractivity contribution in [2.24, 2.45) is 0 Å². The molecular formula is C14H14N4OS. The van der Waals surface area contributed by atoms with Crippen molar-refractivity contribution in [1.82, 2.24) is 20.5 Å². The van der Waals surface area contributed by atoms with Gasteiger partial charge >= 0.3 is 0 Å². The number of H-pyrrole nitrogens is 1. The van der Waals surface area contributed by atoms with E-state index in [0.29, 0.717) is 5.69 Å². The number of para-hydroxylation sites is 1. The molecule has 2 aromatic heterocycles. The average Bonchev–Trinajstić information content (AvgIpc) is 3.04. The van der Waals surface area contributed by atoms with Crippen molar-refractivity contribution in [3.8, 4) is 0 Å². The molecule has 2 N–H and O–H groups in total. The fourth-order valence-electron chi connectivity index (χ4n) is 2.03. The number of thiazole rings is 1. The first-order valence-electron chi connectivity index (χ1n) is 6.31. The Bertz CT molecular complexity index is 761. The van der Waals surface area contributed by atoms with Crippen LogP contribution in [0.1, 0.15) is 34.2 Å². The Morgan fingerprint density at radius 2 is 2.20 bits per heavy atom. The zero-order valence-corrected chi connectivity index (χ0v) is 12.0. The van der Waals surface area contributed by atoms with Gasteiger partial charge in [0.2, 0.25) is 0 Å². The summed E-state index contributed by atoms with van der Waals surface area (Å²) in [5.74, 6) is -0.192. The van der Waals surface area contributed by atoms with Gasteiger partial charge in [-0.1, -0.05) is 18.2 Å². The molecule has 1 aromatic carbocycles. The van der Waals surface area contributed by atoms with Gasteiger partial charge in [-0.2, -0.15) is 5.10 Å². The van der Waals surface area contributed by atoms with Gasteiger partial charge < -0.3 is 5.32 Å². The summed E-state index contributed by atoms with van der Waals surface area (Å²) >= 11 is 1.55. The predicted molar refractivity (Wildman–Crippen MR) is 78.8 cm³/mol. The minimum absolute atomic E-state index is 0.128. The summed E-state index contributed by atoms with van der Waals surface area (Å²) in [7, 11) is 0. The Morgan fingerprint density at radius 3 is 2.95 bits per heavy atom. The Labute approximate surface area is 120 Å². The van der Waals surface area contributed by atoms with E-state index in [-0.39, 0.29) is 11.9 Å². The number of aromatic nitrogens is 3. The second kappa shape index (κ2) is 5.05. The van der Waals surface area contributed by atoms with Crippen molar-refractivity contribution in [2.45, 2.75) is 19.9 Å². The SMILES string of the molecule is Cc1csc(C(C)NC(=O)c2n[nH]c3ccccc23)n1. The van der Waals surface area contributed by atoms with Crippen LogP contribution in [0.2, 0.25) is 0 Å². The van der Waals surface area contributed by atoms with Gasteiger partial charge in [0.15, 0.2) is 5.69 Å². The zero-order chi connectivity index (χ0) is 14.1. The lowest BCUT2D eigenvalue weighted by Gasteiger charge is -2.09. The van der Waals surface area contributed by atoms with E-state index >= 15 is 0 Å². The summed E-state index contributed by atoms with van der Waals surface area (Å²) in [5.41, 5.74) is 2.24. The molecule has 0 spiro atoms. The first-order valence-corrected chi connectivity index (χ1v) is 7.19. The third-order valence-electron chi connectivity index (χ3n) is 3.04. The third kappa shape index (κ3) is 2.30. The molecule has 2 heterocycles. The van der Waals surface area contributed by atoms with Crippen LogP contribution in [-0.2, 0) is 0 Å². The lowest BCUT2D eigenvalue weighted by atomic mass is 10.2. The van der Waals surface area contributed by atoms with Gasteiger partial charge in [-0.05, 0) is 19.9 Å². The maximum absolute atomic E-state index is 12.3. The van der Waals surface area contributed by atoms with Crippen molar-refractivity contribution in [1.29, 1.82) is 0 Å². The molecule has 1 amide bonds. The Kier molecular flexibility index (Phi) is 3.23. The zero-order valence-electron chi connectivity index (χ0n) is 11.2.